The molecule has 1 heterocycles. The molecule has 1 saturated heterocycles. The lowest BCUT2D eigenvalue weighted by atomic mass is 10.3. The second-order valence-electron chi connectivity index (χ2n) is 6.00. The smallest absolute Gasteiger partial charge is 0.244 e. The first kappa shape index (κ1) is 18.2. The molecule has 0 bridgehead atoms. The van der Waals surface area contributed by atoms with E-state index in [9.17, 15) is 8.42 Å². The molecule has 0 unspecified atom stereocenters. The zero-order valence-corrected chi connectivity index (χ0v) is 15.5. The van der Waals surface area contributed by atoms with E-state index in [1.54, 1.807) is 24.3 Å². The van der Waals surface area contributed by atoms with E-state index in [2.05, 4.69) is 0 Å². The molecule has 0 saturated carbocycles. The van der Waals surface area contributed by atoms with Crippen LogP contribution in [0.25, 0.3) is 0 Å². The lowest BCUT2D eigenvalue weighted by molar-refractivity contribution is -0.903. The van der Waals surface area contributed by atoms with Crippen LogP contribution in [0.3, 0.4) is 0 Å². The Hall–Kier alpha value is -1.60. The first-order valence-corrected chi connectivity index (χ1v) is 10.2. The zero-order chi connectivity index (χ0) is 17.7. The van der Waals surface area contributed by atoms with E-state index in [0.717, 1.165) is 25.4 Å². The first-order chi connectivity index (χ1) is 12.1. The van der Waals surface area contributed by atoms with Crippen LogP contribution in [-0.2, 0) is 10.0 Å². The summed E-state index contributed by atoms with van der Waals surface area (Å²) in [4.78, 5) is 1.54. The maximum absolute atomic E-state index is 12.7. The Bertz CT molecular complexity index is 791. The molecule has 3 rings (SSSR count). The number of sulfonamides is 1. The number of nitrogens with one attached hydrogen (secondary N) is 1. The van der Waals surface area contributed by atoms with Crippen molar-refractivity contribution in [1.82, 2.24) is 4.31 Å². The van der Waals surface area contributed by atoms with Gasteiger partial charge in [0.15, 0.2) is 0 Å². The number of hydrogen-bond donors (Lipinski definition) is 1. The van der Waals surface area contributed by atoms with Crippen molar-refractivity contribution >= 4 is 21.6 Å². The van der Waals surface area contributed by atoms with Crippen LogP contribution in [0.1, 0.15) is 0 Å². The van der Waals surface area contributed by atoms with Gasteiger partial charge in [-0.3, -0.25) is 0 Å². The highest BCUT2D eigenvalue weighted by molar-refractivity contribution is 7.89. The van der Waals surface area contributed by atoms with E-state index in [1.807, 2.05) is 30.3 Å². The zero-order valence-electron chi connectivity index (χ0n) is 13.9. The molecule has 0 spiro atoms. The normalized spacial score (nSPS) is 16.7. The first-order valence-electron chi connectivity index (χ1n) is 8.33. The van der Waals surface area contributed by atoms with Crippen LogP contribution < -0.4 is 9.64 Å². The van der Waals surface area contributed by atoms with Gasteiger partial charge in [-0.15, -0.1) is 0 Å². The minimum Gasteiger partial charge on any atom is -0.488 e. The Labute approximate surface area is 153 Å². The SMILES string of the molecule is O=S(=O)(c1ccccc1Cl)N1CC[NH+](CCOc2ccccc2)CC1. The summed E-state index contributed by atoms with van der Waals surface area (Å²) in [6.07, 6.45) is 0. The molecule has 0 aromatic heterocycles. The van der Waals surface area contributed by atoms with Crippen LogP contribution >= 0.6 is 11.6 Å². The molecule has 1 fully saturated rings. The summed E-state index contributed by atoms with van der Waals surface area (Å²) in [6.45, 7) is 4.00. The van der Waals surface area contributed by atoms with Crippen molar-refractivity contribution in [1.29, 1.82) is 0 Å². The van der Waals surface area contributed by atoms with E-state index in [0.29, 0.717) is 19.7 Å². The maximum atomic E-state index is 12.7. The molecule has 25 heavy (non-hydrogen) atoms. The second kappa shape index (κ2) is 8.19. The second-order valence-corrected chi connectivity index (χ2v) is 8.31. The van der Waals surface area contributed by atoms with Gasteiger partial charge in [-0.05, 0) is 24.3 Å². The Morgan fingerprint density at radius 3 is 2.32 bits per heavy atom. The average Bonchev–Trinajstić information content (AvgIpc) is 2.63. The molecular weight excluding hydrogens is 360 g/mol. The van der Waals surface area contributed by atoms with Crippen molar-refractivity contribution in [2.75, 3.05) is 39.3 Å². The number of ether oxygens (including phenoxy) is 1. The summed E-state index contributed by atoms with van der Waals surface area (Å²) < 4.78 is 32.7. The average molecular weight is 382 g/mol. The number of para-hydroxylation sites is 1. The fraction of sp³-hybridized carbons (Fsp3) is 0.333. The molecule has 1 N–H and O–H groups in total. The molecular formula is C18H22ClN2O3S+. The molecule has 1 aliphatic rings. The minimum absolute atomic E-state index is 0.188. The number of piperazine rings is 1. The number of halogens is 1. The Morgan fingerprint density at radius 2 is 1.64 bits per heavy atom. The summed E-state index contributed by atoms with van der Waals surface area (Å²) >= 11 is 6.06. The fourth-order valence-corrected chi connectivity index (χ4v) is 4.85. The van der Waals surface area contributed by atoms with Gasteiger partial charge >= 0.3 is 0 Å². The van der Waals surface area contributed by atoms with Gasteiger partial charge in [-0.2, -0.15) is 4.31 Å². The molecule has 1 aliphatic heterocycles. The molecule has 0 atom stereocenters. The van der Waals surface area contributed by atoms with Gasteiger partial charge in [-0.25, -0.2) is 8.42 Å². The lowest BCUT2D eigenvalue weighted by Gasteiger charge is -2.31. The Kier molecular flexibility index (Phi) is 5.96. The van der Waals surface area contributed by atoms with Crippen LogP contribution in [0.5, 0.6) is 5.75 Å². The van der Waals surface area contributed by atoms with Crippen LogP contribution in [0.4, 0.5) is 0 Å². The largest absolute Gasteiger partial charge is 0.488 e. The molecule has 0 radical (unpaired) electrons. The number of hydrogen-bond acceptors (Lipinski definition) is 3. The van der Waals surface area contributed by atoms with Gasteiger partial charge in [0.1, 0.15) is 23.8 Å². The quantitative estimate of drug-likeness (QED) is 0.820. The van der Waals surface area contributed by atoms with E-state index in [-0.39, 0.29) is 9.92 Å². The highest BCUT2D eigenvalue weighted by Gasteiger charge is 2.31. The van der Waals surface area contributed by atoms with Crippen LogP contribution in [-0.4, -0.2) is 52.1 Å². The van der Waals surface area contributed by atoms with Gasteiger partial charge in [0, 0.05) is 0 Å². The third-order valence-electron chi connectivity index (χ3n) is 4.35. The third-order valence-corrected chi connectivity index (χ3v) is 6.75. The van der Waals surface area contributed by atoms with Crippen LogP contribution in [0.15, 0.2) is 59.5 Å². The van der Waals surface area contributed by atoms with Crippen LogP contribution in [0, 0.1) is 0 Å². The molecule has 7 heteroatoms. The van der Waals surface area contributed by atoms with Gasteiger partial charge in [0.2, 0.25) is 10.0 Å². The predicted molar refractivity (Wildman–Crippen MR) is 97.7 cm³/mol. The molecule has 5 nitrogen and oxygen atoms in total. The van der Waals surface area contributed by atoms with Gasteiger partial charge in [-0.1, -0.05) is 41.9 Å². The summed E-state index contributed by atoms with van der Waals surface area (Å²) in [5.41, 5.74) is 0. The van der Waals surface area contributed by atoms with Crippen molar-refractivity contribution in [3.63, 3.8) is 0 Å². The van der Waals surface area contributed by atoms with E-state index >= 15 is 0 Å². The lowest BCUT2D eigenvalue weighted by Crippen LogP contribution is -3.15. The predicted octanol–water partition coefficient (Wildman–Crippen LogP) is 1.31. The number of rotatable bonds is 6. The Balaban J connectivity index is 1.51. The summed E-state index contributed by atoms with van der Waals surface area (Å²) in [5, 5.41) is 0.272. The van der Waals surface area contributed by atoms with Crippen molar-refractivity contribution in [2.24, 2.45) is 0 Å². The van der Waals surface area contributed by atoms with E-state index in [1.165, 1.54) is 9.21 Å². The van der Waals surface area contributed by atoms with Gasteiger partial charge < -0.3 is 9.64 Å². The summed E-state index contributed by atoms with van der Waals surface area (Å²) in [6, 6.07) is 16.3. The monoisotopic (exact) mass is 381 g/mol. The molecule has 0 amide bonds. The molecule has 0 aliphatic carbocycles. The number of quaternary nitrogens is 1. The topological polar surface area (TPSA) is 51.0 Å². The van der Waals surface area contributed by atoms with E-state index < -0.39 is 10.0 Å². The van der Waals surface area contributed by atoms with Crippen molar-refractivity contribution < 1.29 is 18.1 Å². The standard InChI is InChI=1S/C18H21ClN2O3S/c19-17-8-4-5-9-18(17)25(22,23)21-12-10-20(11-13-21)14-15-24-16-6-2-1-3-7-16/h1-9H,10-15H2/p+1. The van der Waals surface area contributed by atoms with Crippen LogP contribution in [0.2, 0.25) is 5.02 Å². The van der Waals surface area contributed by atoms with Gasteiger partial charge in [0.05, 0.1) is 31.2 Å². The maximum Gasteiger partial charge on any atom is 0.244 e. The van der Waals surface area contributed by atoms with Crippen molar-refractivity contribution in [3.05, 3.63) is 59.6 Å². The minimum atomic E-state index is -3.52. The Morgan fingerprint density at radius 1 is 1.00 bits per heavy atom. The number of benzene rings is 2. The summed E-state index contributed by atoms with van der Waals surface area (Å²) in [7, 11) is -3.52. The highest BCUT2D eigenvalue weighted by Crippen LogP contribution is 2.24. The molecule has 2 aromatic carbocycles. The van der Waals surface area contributed by atoms with Crippen molar-refractivity contribution in [2.45, 2.75) is 4.90 Å². The van der Waals surface area contributed by atoms with E-state index in [4.69, 9.17) is 16.3 Å². The van der Waals surface area contributed by atoms with Gasteiger partial charge in [0.25, 0.3) is 0 Å². The fourth-order valence-electron chi connectivity index (χ4n) is 2.92. The molecule has 2 aromatic rings. The molecule has 134 valence electrons. The third kappa shape index (κ3) is 4.52. The highest BCUT2D eigenvalue weighted by atomic mass is 35.5. The summed E-state index contributed by atoms with van der Waals surface area (Å²) in [5.74, 6) is 0.863. The van der Waals surface area contributed by atoms with Crippen molar-refractivity contribution in [3.8, 4) is 5.75 Å². The number of nitrogens with zero attached hydrogens (tertiary/aromatic N) is 1.